The zero-order valence-corrected chi connectivity index (χ0v) is 20.1. The van der Waals surface area contributed by atoms with Gasteiger partial charge in [-0.05, 0) is 53.4 Å². The maximum atomic E-state index is 12.5. The molecule has 3 aromatic rings. The van der Waals surface area contributed by atoms with Crippen LogP contribution in [0.2, 0.25) is 0 Å². The second-order valence-electron chi connectivity index (χ2n) is 8.48. The van der Waals surface area contributed by atoms with Gasteiger partial charge in [0.1, 0.15) is 5.75 Å². The number of unbranched alkanes of at least 4 members (excludes halogenated alkanes) is 7. The molecule has 4 nitrogen and oxygen atoms in total. The lowest BCUT2D eigenvalue weighted by Crippen LogP contribution is -2.28. The lowest BCUT2D eigenvalue weighted by molar-refractivity contribution is -0.0500. The smallest absolute Gasteiger partial charge is 0.376 e. The van der Waals surface area contributed by atoms with Crippen LogP contribution in [-0.2, 0) is 16.5 Å². The summed E-state index contributed by atoms with van der Waals surface area (Å²) in [5, 5.41) is 1.30. The number of benzene rings is 2. The summed E-state index contributed by atoms with van der Waals surface area (Å²) in [6.45, 7) is 2.23. The molecular weight excluding hydrogens is 463 g/mol. The minimum Gasteiger partial charge on any atom is -0.376 e. The van der Waals surface area contributed by atoms with E-state index in [-0.39, 0.29) is 5.75 Å². The number of hydrogen-bond acceptors (Lipinski definition) is 4. The Morgan fingerprint density at radius 2 is 1.47 bits per heavy atom. The van der Waals surface area contributed by atoms with Gasteiger partial charge in [0, 0.05) is 11.8 Å². The van der Waals surface area contributed by atoms with Crippen molar-refractivity contribution < 1.29 is 25.8 Å². The fourth-order valence-electron chi connectivity index (χ4n) is 3.82. The summed E-state index contributed by atoms with van der Waals surface area (Å²) in [4.78, 5) is 4.57. The lowest BCUT2D eigenvalue weighted by Gasteiger charge is -2.10. The number of hydrogen-bond donors (Lipinski definition) is 0. The van der Waals surface area contributed by atoms with E-state index in [1.807, 2.05) is 18.3 Å². The first-order valence-corrected chi connectivity index (χ1v) is 13.1. The first kappa shape index (κ1) is 26.0. The minimum absolute atomic E-state index is 0.388. The van der Waals surface area contributed by atoms with E-state index in [4.69, 9.17) is 0 Å². The van der Waals surface area contributed by atoms with E-state index in [1.165, 1.54) is 68.7 Å². The molecule has 0 amide bonds. The Kier molecular flexibility index (Phi) is 8.94. The largest absolute Gasteiger partial charge is 0.534 e. The topological polar surface area (TPSA) is 56.3 Å². The van der Waals surface area contributed by atoms with Crippen LogP contribution in [0, 0.1) is 0 Å². The number of rotatable bonds is 12. The van der Waals surface area contributed by atoms with E-state index >= 15 is 0 Å². The van der Waals surface area contributed by atoms with E-state index in [2.05, 4.69) is 22.2 Å². The molecule has 0 spiro atoms. The van der Waals surface area contributed by atoms with Crippen molar-refractivity contribution in [2.24, 2.45) is 0 Å². The van der Waals surface area contributed by atoms with Crippen molar-refractivity contribution in [3.8, 4) is 17.0 Å². The molecule has 0 N–H and O–H groups in total. The first-order valence-electron chi connectivity index (χ1n) is 11.7. The van der Waals surface area contributed by atoms with Crippen LogP contribution in [0.1, 0.15) is 63.9 Å². The predicted molar refractivity (Wildman–Crippen MR) is 129 cm³/mol. The molecule has 0 radical (unpaired) electrons. The Morgan fingerprint density at radius 1 is 0.824 bits per heavy atom. The molecule has 1 heterocycles. The normalized spacial score (nSPS) is 12.2. The molecule has 1 aromatic heterocycles. The molecule has 0 fully saturated rings. The van der Waals surface area contributed by atoms with Crippen LogP contribution >= 0.6 is 0 Å². The predicted octanol–water partition coefficient (Wildman–Crippen LogP) is 7.81. The van der Waals surface area contributed by atoms with Crippen molar-refractivity contribution in [2.45, 2.75) is 70.2 Å². The van der Waals surface area contributed by atoms with Gasteiger partial charge in [0.05, 0.1) is 5.69 Å². The van der Waals surface area contributed by atoms with Crippen molar-refractivity contribution in [3.63, 3.8) is 0 Å². The van der Waals surface area contributed by atoms with Crippen LogP contribution in [0.25, 0.3) is 22.0 Å². The highest BCUT2D eigenvalue weighted by Crippen LogP contribution is 2.30. The molecule has 8 heteroatoms. The average Bonchev–Trinajstić information content (AvgIpc) is 2.80. The van der Waals surface area contributed by atoms with E-state index in [9.17, 15) is 21.6 Å². The van der Waals surface area contributed by atoms with Gasteiger partial charge in [0.2, 0.25) is 0 Å². The van der Waals surface area contributed by atoms with Crippen LogP contribution in [0.5, 0.6) is 5.75 Å². The van der Waals surface area contributed by atoms with Gasteiger partial charge in [-0.3, -0.25) is 4.98 Å². The molecular formula is C26H30F3NO3S. The van der Waals surface area contributed by atoms with Crippen LogP contribution in [0.3, 0.4) is 0 Å². The third kappa shape index (κ3) is 7.19. The molecule has 0 atom stereocenters. The maximum absolute atomic E-state index is 12.5. The fourth-order valence-corrected chi connectivity index (χ4v) is 4.27. The third-order valence-corrected chi connectivity index (χ3v) is 6.72. The summed E-state index contributed by atoms with van der Waals surface area (Å²) in [5.74, 6) is -0.388. The van der Waals surface area contributed by atoms with Gasteiger partial charge in [0.15, 0.2) is 0 Å². The van der Waals surface area contributed by atoms with E-state index in [0.29, 0.717) is 5.39 Å². The molecule has 0 saturated carbocycles. The Hall–Kier alpha value is -2.61. The van der Waals surface area contributed by atoms with E-state index < -0.39 is 15.6 Å². The summed E-state index contributed by atoms with van der Waals surface area (Å²) in [6, 6.07) is 13.4. The van der Waals surface area contributed by atoms with E-state index in [1.54, 1.807) is 12.1 Å². The highest BCUT2D eigenvalue weighted by Gasteiger charge is 2.48. The number of alkyl halides is 3. The first-order chi connectivity index (χ1) is 16.2. The third-order valence-electron chi connectivity index (χ3n) is 5.74. The Labute approximate surface area is 199 Å². The Morgan fingerprint density at radius 3 is 2.12 bits per heavy atom. The number of nitrogens with zero attached hydrogens (tertiary/aromatic N) is 1. The highest BCUT2D eigenvalue weighted by atomic mass is 32.2. The molecule has 34 heavy (non-hydrogen) atoms. The summed E-state index contributed by atoms with van der Waals surface area (Å²) in [7, 11) is -5.70. The zero-order valence-electron chi connectivity index (χ0n) is 19.3. The Bertz CT molecular complexity index is 1180. The van der Waals surface area contributed by atoms with Gasteiger partial charge < -0.3 is 4.18 Å². The molecule has 0 bridgehead atoms. The number of aryl methyl sites for hydroxylation is 1. The molecule has 0 aliphatic heterocycles. The molecule has 0 unspecified atom stereocenters. The number of pyridine rings is 1. The summed E-state index contributed by atoms with van der Waals surface area (Å²) in [6.07, 6.45) is 13.1. The minimum atomic E-state index is -5.70. The second-order valence-corrected chi connectivity index (χ2v) is 10.0. The molecule has 2 aromatic carbocycles. The number of aromatic nitrogens is 1. The van der Waals surface area contributed by atoms with E-state index in [0.717, 1.165) is 29.5 Å². The summed E-state index contributed by atoms with van der Waals surface area (Å²) < 4.78 is 64.2. The molecule has 0 aliphatic carbocycles. The fraction of sp³-hybridized carbons (Fsp3) is 0.423. The van der Waals surface area contributed by atoms with Gasteiger partial charge in [0.25, 0.3) is 0 Å². The van der Waals surface area contributed by atoms with Gasteiger partial charge >= 0.3 is 15.6 Å². The molecule has 0 aliphatic rings. The van der Waals surface area contributed by atoms with Gasteiger partial charge in [-0.25, -0.2) is 0 Å². The quantitative estimate of drug-likeness (QED) is 0.147. The van der Waals surface area contributed by atoms with Crippen molar-refractivity contribution in [1.82, 2.24) is 4.98 Å². The summed E-state index contributed by atoms with van der Waals surface area (Å²) in [5.41, 5.74) is -2.62. The van der Waals surface area contributed by atoms with Crippen LogP contribution < -0.4 is 4.18 Å². The molecule has 3 rings (SSSR count). The second kappa shape index (κ2) is 11.7. The van der Waals surface area contributed by atoms with Crippen molar-refractivity contribution in [3.05, 3.63) is 60.3 Å². The van der Waals surface area contributed by atoms with Gasteiger partial charge in [-0.15, -0.1) is 0 Å². The molecule has 0 saturated heterocycles. The zero-order chi connectivity index (χ0) is 24.6. The summed E-state index contributed by atoms with van der Waals surface area (Å²) >= 11 is 0. The van der Waals surface area contributed by atoms with Crippen molar-refractivity contribution >= 4 is 20.9 Å². The standard InChI is InChI=1S/C26H30F3NO3S/c1-2-3-4-5-6-7-8-9-10-20-11-16-25(30-19-20)23-13-12-22-18-24(15-14-21(22)17-23)33-34(31,32)26(27,28)29/h11-19H,2-10H2,1H3. The Balaban J connectivity index is 1.58. The highest BCUT2D eigenvalue weighted by molar-refractivity contribution is 7.88. The number of fused-ring (bicyclic) bond motifs is 1. The monoisotopic (exact) mass is 493 g/mol. The molecule has 184 valence electrons. The number of halogens is 3. The van der Waals surface area contributed by atoms with Crippen molar-refractivity contribution in [2.75, 3.05) is 0 Å². The van der Waals surface area contributed by atoms with Gasteiger partial charge in [-0.2, -0.15) is 21.6 Å². The van der Waals surface area contributed by atoms with Crippen LogP contribution in [-0.4, -0.2) is 18.9 Å². The maximum Gasteiger partial charge on any atom is 0.534 e. The van der Waals surface area contributed by atoms with Crippen molar-refractivity contribution in [1.29, 1.82) is 0 Å². The van der Waals surface area contributed by atoms with Gasteiger partial charge in [-0.1, -0.05) is 76.1 Å². The lowest BCUT2D eigenvalue weighted by atomic mass is 10.0. The average molecular weight is 494 g/mol. The SMILES string of the molecule is CCCCCCCCCCc1ccc(-c2ccc3cc(OS(=O)(=O)C(F)(F)F)ccc3c2)nc1. The van der Waals surface area contributed by atoms with Crippen LogP contribution in [0.4, 0.5) is 13.2 Å². The van der Waals surface area contributed by atoms with Crippen LogP contribution in [0.15, 0.2) is 54.7 Å².